The number of carbonyl (C=O) groups is 1. The Bertz CT molecular complexity index is 460. The summed E-state index contributed by atoms with van der Waals surface area (Å²) in [4.78, 5) is 11.6. The van der Waals surface area contributed by atoms with Crippen LogP contribution < -0.4 is 5.32 Å². The molecule has 1 aromatic rings. The van der Waals surface area contributed by atoms with Gasteiger partial charge in [0.05, 0.1) is 11.7 Å². The van der Waals surface area contributed by atoms with Crippen LogP contribution in [0, 0.1) is 5.82 Å². The fourth-order valence-corrected chi connectivity index (χ4v) is 1.31. The standard InChI is InChI=1S/C12H13F4NO2/c1-7(19-2)6-17-11(18)8-3-4-10(13)9(5-8)12(14,15)16/h3-5,7H,6H2,1-2H3,(H,17,18). The Morgan fingerprint density at radius 1 is 1.42 bits per heavy atom. The zero-order valence-corrected chi connectivity index (χ0v) is 10.3. The molecule has 0 spiro atoms. The number of hydrogen-bond acceptors (Lipinski definition) is 2. The van der Waals surface area contributed by atoms with E-state index < -0.39 is 23.5 Å². The van der Waals surface area contributed by atoms with Crippen molar-refractivity contribution < 1.29 is 27.1 Å². The summed E-state index contributed by atoms with van der Waals surface area (Å²) in [6.07, 6.45) is -5.10. The van der Waals surface area contributed by atoms with E-state index in [-0.39, 0.29) is 18.2 Å². The van der Waals surface area contributed by atoms with E-state index in [0.717, 1.165) is 6.07 Å². The van der Waals surface area contributed by atoms with E-state index in [2.05, 4.69) is 5.32 Å². The Kier molecular flexibility index (Phi) is 4.88. The van der Waals surface area contributed by atoms with Crippen LogP contribution in [0.3, 0.4) is 0 Å². The van der Waals surface area contributed by atoms with Gasteiger partial charge in [0.15, 0.2) is 0 Å². The van der Waals surface area contributed by atoms with Gasteiger partial charge in [-0.1, -0.05) is 0 Å². The Hall–Kier alpha value is -1.63. The fraction of sp³-hybridized carbons (Fsp3) is 0.417. The van der Waals surface area contributed by atoms with E-state index in [1.54, 1.807) is 6.92 Å². The molecule has 3 nitrogen and oxygen atoms in total. The molecule has 0 bridgehead atoms. The van der Waals surface area contributed by atoms with Gasteiger partial charge in [-0.3, -0.25) is 4.79 Å². The number of halogens is 4. The molecule has 0 aromatic heterocycles. The van der Waals surface area contributed by atoms with Gasteiger partial charge in [0, 0.05) is 19.2 Å². The quantitative estimate of drug-likeness (QED) is 0.860. The highest BCUT2D eigenvalue weighted by Gasteiger charge is 2.34. The Balaban J connectivity index is 2.87. The van der Waals surface area contributed by atoms with Crippen molar-refractivity contribution in [3.8, 4) is 0 Å². The number of carbonyl (C=O) groups excluding carboxylic acids is 1. The van der Waals surface area contributed by atoms with Crippen molar-refractivity contribution in [1.29, 1.82) is 0 Å². The number of alkyl halides is 3. The molecule has 19 heavy (non-hydrogen) atoms. The molecule has 0 radical (unpaired) electrons. The molecule has 0 fully saturated rings. The lowest BCUT2D eigenvalue weighted by atomic mass is 10.1. The van der Waals surface area contributed by atoms with Crippen LogP contribution in [0.5, 0.6) is 0 Å². The van der Waals surface area contributed by atoms with Crippen molar-refractivity contribution in [2.45, 2.75) is 19.2 Å². The first-order chi connectivity index (χ1) is 8.75. The van der Waals surface area contributed by atoms with Gasteiger partial charge in [-0.2, -0.15) is 13.2 Å². The first-order valence-corrected chi connectivity index (χ1v) is 5.43. The summed E-state index contributed by atoms with van der Waals surface area (Å²) < 4.78 is 55.3. The number of benzene rings is 1. The molecule has 1 amide bonds. The monoisotopic (exact) mass is 279 g/mol. The molecule has 0 heterocycles. The minimum Gasteiger partial charge on any atom is -0.380 e. The molecule has 1 rings (SSSR count). The van der Waals surface area contributed by atoms with E-state index in [1.165, 1.54) is 7.11 Å². The van der Waals surface area contributed by atoms with Gasteiger partial charge in [0.1, 0.15) is 5.82 Å². The lowest BCUT2D eigenvalue weighted by molar-refractivity contribution is -0.140. The lowest BCUT2D eigenvalue weighted by Crippen LogP contribution is -2.31. The largest absolute Gasteiger partial charge is 0.419 e. The van der Waals surface area contributed by atoms with Crippen LogP contribution in [0.1, 0.15) is 22.8 Å². The normalized spacial score (nSPS) is 13.2. The van der Waals surface area contributed by atoms with Crippen LogP contribution in [0.15, 0.2) is 18.2 Å². The van der Waals surface area contributed by atoms with Crippen LogP contribution in [-0.2, 0) is 10.9 Å². The van der Waals surface area contributed by atoms with Gasteiger partial charge in [-0.05, 0) is 25.1 Å². The molecular weight excluding hydrogens is 266 g/mol. The summed E-state index contributed by atoms with van der Waals surface area (Å²) in [5.74, 6) is -2.12. The van der Waals surface area contributed by atoms with Gasteiger partial charge in [-0.25, -0.2) is 4.39 Å². The van der Waals surface area contributed by atoms with Gasteiger partial charge < -0.3 is 10.1 Å². The second kappa shape index (κ2) is 6.01. The number of hydrogen-bond donors (Lipinski definition) is 1. The SMILES string of the molecule is COC(C)CNC(=O)c1ccc(F)c(C(F)(F)F)c1. The summed E-state index contributed by atoms with van der Waals surface area (Å²) >= 11 is 0. The van der Waals surface area contributed by atoms with Gasteiger partial charge in [0.25, 0.3) is 5.91 Å². The average Bonchev–Trinajstić information content (AvgIpc) is 2.34. The number of amides is 1. The first-order valence-electron chi connectivity index (χ1n) is 5.43. The highest BCUT2D eigenvalue weighted by molar-refractivity contribution is 5.94. The fourth-order valence-electron chi connectivity index (χ4n) is 1.31. The van der Waals surface area contributed by atoms with Gasteiger partial charge in [0.2, 0.25) is 0 Å². The third kappa shape index (κ3) is 4.20. The number of rotatable bonds is 4. The van der Waals surface area contributed by atoms with Crippen LogP contribution in [0.25, 0.3) is 0 Å². The van der Waals surface area contributed by atoms with E-state index in [9.17, 15) is 22.4 Å². The predicted molar refractivity (Wildman–Crippen MR) is 60.2 cm³/mol. The van der Waals surface area contributed by atoms with Crippen LogP contribution in [0.2, 0.25) is 0 Å². The molecule has 106 valence electrons. The van der Waals surface area contributed by atoms with Crippen LogP contribution in [0.4, 0.5) is 17.6 Å². The summed E-state index contributed by atoms with van der Waals surface area (Å²) in [6.45, 7) is 1.83. The van der Waals surface area contributed by atoms with Crippen molar-refractivity contribution in [1.82, 2.24) is 5.32 Å². The first kappa shape index (κ1) is 15.4. The lowest BCUT2D eigenvalue weighted by Gasteiger charge is -2.12. The minimum atomic E-state index is -4.83. The maximum atomic E-state index is 13.0. The molecule has 0 aliphatic rings. The molecule has 1 atom stereocenters. The van der Waals surface area contributed by atoms with Crippen molar-refractivity contribution in [2.24, 2.45) is 0 Å². The smallest absolute Gasteiger partial charge is 0.380 e. The molecule has 0 saturated heterocycles. The molecule has 0 saturated carbocycles. The predicted octanol–water partition coefficient (Wildman–Crippen LogP) is 2.61. The molecule has 1 aromatic carbocycles. The highest BCUT2D eigenvalue weighted by Crippen LogP contribution is 2.31. The maximum absolute atomic E-state index is 13.0. The van der Waals surface area contributed by atoms with Crippen LogP contribution in [-0.4, -0.2) is 25.7 Å². The Labute approximate surface area is 107 Å². The zero-order chi connectivity index (χ0) is 14.6. The second-order valence-electron chi connectivity index (χ2n) is 3.95. The Morgan fingerprint density at radius 3 is 2.58 bits per heavy atom. The molecule has 7 heteroatoms. The topological polar surface area (TPSA) is 38.3 Å². The molecule has 0 aliphatic heterocycles. The van der Waals surface area contributed by atoms with Crippen molar-refractivity contribution in [3.63, 3.8) is 0 Å². The summed E-state index contributed by atoms with van der Waals surface area (Å²) in [7, 11) is 1.44. The minimum absolute atomic E-state index is 0.147. The van der Waals surface area contributed by atoms with Crippen LogP contribution >= 0.6 is 0 Å². The second-order valence-corrected chi connectivity index (χ2v) is 3.95. The van der Waals surface area contributed by atoms with E-state index in [1.807, 2.05) is 0 Å². The summed E-state index contributed by atoms with van der Waals surface area (Å²) in [5, 5.41) is 2.39. The highest BCUT2D eigenvalue weighted by atomic mass is 19.4. The van der Waals surface area contributed by atoms with Gasteiger partial charge in [-0.15, -0.1) is 0 Å². The van der Waals surface area contributed by atoms with E-state index in [4.69, 9.17) is 4.74 Å². The van der Waals surface area contributed by atoms with Crippen molar-refractivity contribution in [2.75, 3.05) is 13.7 Å². The average molecular weight is 279 g/mol. The van der Waals surface area contributed by atoms with Gasteiger partial charge >= 0.3 is 6.18 Å². The molecular formula is C12H13F4NO2. The third-order valence-electron chi connectivity index (χ3n) is 2.49. The zero-order valence-electron chi connectivity index (χ0n) is 10.3. The molecule has 1 N–H and O–H groups in total. The molecule has 1 unspecified atom stereocenters. The van der Waals surface area contributed by atoms with E-state index >= 15 is 0 Å². The number of ether oxygens (including phenoxy) is 1. The number of nitrogens with one attached hydrogen (secondary N) is 1. The Morgan fingerprint density at radius 2 is 2.05 bits per heavy atom. The maximum Gasteiger partial charge on any atom is 0.419 e. The summed E-state index contributed by atoms with van der Waals surface area (Å²) in [5.41, 5.74) is -1.71. The summed E-state index contributed by atoms with van der Waals surface area (Å²) in [6, 6.07) is 2.11. The third-order valence-corrected chi connectivity index (χ3v) is 2.49. The van der Waals surface area contributed by atoms with E-state index in [0.29, 0.717) is 12.1 Å². The molecule has 0 aliphatic carbocycles. The number of methoxy groups -OCH3 is 1. The van der Waals surface area contributed by atoms with Crippen molar-refractivity contribution >= 4 is 5.91 Å². The van der Waals surface area contributed by atoms with Crippen molar-refractivity contribution in [3.05, 3.63) is 35.1 Å².